The molecule has 0 unspecified atom stereocenters. The van der Waals surface area contributed by atoms with Crippen molar-refractivity contribution in [3.63, 3.8) is 0 Å². The fourth-order valence-electron chi connectivity index (χ4n) is 3.93. The minimum atomic E-state index is 0.249. The second kappa shape index (κ2) is 8.26. The van der Waals surface area contributed by atoms with Crippen LogP contribution in [0.25, 0.3) is 0 Å². The summed E-state index contributed by atoms with van der Waals surface area (Å²) in [5, 5.41) is 3.27. The Hall–Kier alpha value is -1.20. The molecule has 132 valence electrons. The second-order valence-corrected chi connectivity index (χ2v) is 8.14. The van der Waals surface area contributed by atoms with Crippen molar-refractivity contribution in [3.05, 3.63) is 29.8 Å². The van der Waals surface area contributed by atoms with Crippen LogP contribution in [0.4, 0.5) is 5.69 Å². The molecule has 1 aromatic rings. The van der Waals surface area contributed by atoms with E-state index in [4.69, 9.17) is 10.7 Å². The lowest BCUT2D eigenvalue weighted by Gasteiger charge is -2.42. The Morgan fingerprint density at radius 2 is 2.04 bits per heavy atom. The molecule has 0 amide bonds. The average molecular weight is 347 g/mol. The third-order valence-corrected chi connectivity index (χ3v) is 6.31. The zero-order valence-electron chi connectivity index (χ0n) is 14.8. The fraction of sp³-hybridized carbons (Fsp3) is 0.632. The van der Waals surface area contributed by atoms with Gasteiger partial charge in [-0.1, -0.05) is 31.9 Å². The smallest absolute Gasteiger partial charge is 0.193 e. The molecule has 2 aliphatic rings. The van der Waals surface area contributed by atoms with Gasteiger partial charge in [-0.15, -0.1) is 0 Å². The number of rotatable bonds is 5. The van der Waals surface area contributed by atoms with Gasteiger partial charge in [-0.2, -0.15) is 11.8 Å². The predicted molar refractivity (Wildman–Crippen MR) is 106 cm³/mol. The van der Waals surface area contributed by atoms with Crippen LogP contribution in [0.3, 0.4) is 0 Å². The van der Waals surface area contributed by atoms with Crippen LogP contribution in [0.5, 0.6) is 0 Å². The van der Waals surface area contributed by atoms with Gasteiger partial charge in [0, 0.05) is 35.8 Å². The monoisotopic (exact) mass is 346 g/mol. The van der Waals surface area contributed by atoms with Gasteiger partial charge >= 0.3 is 0 Å². The van der Waals surface area contributed by atoms with Crippen molar-refractivity contribution < 1.29 is 0 Å². The Balaban J connectivity index is 1.65. The van der Waals surface area contributed by atoms with Crippen LogP contribution in [0.2, 0.25) is 0 Å². The Morgan fingerprint density at radius 1 is 1.29 bits per heavy atom. The zero-order chi connectivity index (χ0) is 16.8. The number of hydrogen-bond acceptors (Lipinski definition) is 3. The molecule has 2 fully saturated rings. The predicted octanol–water partition coefficient (Wildman–Crippen LogP) is 3.34. The minimum Gasteiger partial charge on any atom is -0.370 e. The van der Waals surface area contributed by atoms with Gasteiger partial charge in [-0.3, -0.25) is 9.89 Å². The Kier molecular flexibility index (Phi) is 6.06. The number of nitrogens with zero attached hydrogens (tertiary/aromatic N) is 2. The standard InChI is InChI=1S/C19H30N4S/c1-2-16-6-5-7-17(14-16)22-18(20)21-15-19(8-3-4-9-19)23-10-12-24-13-11-23/h5-7,14H,2-4,8-13,15H2,1H3,(H3,20,21,22). The van der Waals surface area contributed by atoms with Crippen molar-refractivity contribution >= 4 is 23.4 Å². The summed E-state index contributed by atoms with van der Waals surface area (Å²) in [6.45, 7) is 5.39. The quantitative estimate of drug-likeness (QED) is 0.634. The molecular formula is C19H30N4S. The van der Waals surface area contributed by atoms with Crippen molar-refractivity contribution in [3.8, 4) is 0 Å². The van der Waals surface area contributed by atoms with E-state index in [1.54, 1.807) is 0 Å². The highest BCUT2D eigenvalue weighted by Gasteiger charge is 2.39. The molecule has 1 aromatic carbocycles. The van der Waals surface area contributed by atoms with Crippen molar-refractivity contribution in [1.29, 1.82) is 0 Å². The Labute approximate surface area is 150 Å². The summed E-state index contributed by atoms with van der Waals surface area (Å²) in [4.78, 5) is 7.42. The van der Waals surface area contributed by atoms with Crippen LogP contribution >= 0.6 is 11.8 Å². The van der Waals surface area contributed by atoms with Gasteiger partial charge in [0.25, 0.3) is 0 Å². The third kappa shape index (κ3) is 4.25. The lowest BCUT2D eigenvalue weighted by molar-refractivity contribution is 0.112. The molecule has 24 heavy (non-hydrogen) atoms. The summed E-state index contributed by atoms with van der Waals surface area (Å²) in [6, 6.07) is 8.41. The molecule has 5 heteroatoms. The number of aryl methyl sites for hydroxylation is 1. The molecule has 0 bridgehead atoms. The van der Waals surface area contributed by atoms with E-state index in [9.17, 15) is 0 Å². The highest BCUT2D eigenvalue weighted by Crippen LogP contribution is 2.37. The molecule has 4 nitrogen and oxygen atoms in total. The maximum Gasteiger partial charge on any atom is 0.193 e. The third-order valence-electron chi connectivity index (χ3n) is 5.37. The summed E-state index contributed by atoms with van der Waals surface area (Å²) in [7, 11) is 0. The van der Waals surface area contributed by atoms with E-state index in [-0.39, 0.29) is 5.54 Å². The summed E-state index contributed by atoms with van der Waals surface area (Å²) in [5.41, 5.74) is 8.77. The molecule has 0 aromatic heterocycles. The molecule has 1 aliphatic carbocycles. The minimum absolute atomic E-state index is 0.249. The van der Waals surface area contributed by atoms with E-state index in [1.165, 1.54) is 55.8 Å². The maximum atomic E-state index is 6.18. The van der Waals surface area contributed by atoms with E-state index in [0.717, 1.165) is 18.7 Å². The number of benzene rings is 1. The van der Waals surface area contributed by atoms with Crippen molar-refractivity contribution in [1.82, 2.24) is 4.90 Å². The number of aliphatic imine (C=N–C) groups is 1. The summed E-state index contributed by atoms with van der Waals surface area (Å²) in [5.74, 6) is 3.05. The van der Waals surface area contributed by atoms with E-state index in [1.807, 2.05) is 0 Å². The van der Waals surface area contributed by atoms with E-state index in [2.05, 4.69) is 53.2 Å². The molecule has 3 N–H and O–H groups in total. The van der Waals surface area contributed by atoms with Gasteiger partial charge in [0.15, 0.2) is 5.96 Å². The van der Waals surface area contributed by atoms with Crippen LogP contribution in [-0.4, -0.2) is 47.5 Å². The van der Waals surface area contributed by atoms with E-state index >= 15 is 0 Å². The number of hydrogen-bond donors (Lipinski definition) is 2. The second-order valence-electron chi connectivity index (χ2n) is 6.91. The van der Waals surface area contributed by atoms with Gasteiger partial charge in [-0.25, -0.2) is 0 Å². The zero-order valence-corrected chi connectivity index (χ0v) is 15.6. The molecular weight excluding hydrogens is 316 g/mol. The molecule has 0 radical (unpaired) electrons. The van der Waals surface area contributed by atoms with Crippen molar-refractivity contribution in [2.45, 2.75) is 44.6 Å². The summed E-state index contributed by atoms with van der Waals surface area (Å²) in [6.07, 6.45) is 6.21. The SMILES string of the molecule is CCc1cccc(NC(N)=NCC2(N3CCSCC3)CCCC2)c1. The number of nitrogens with two attached hydrogens (primary N) is 1. The Morgan fingerprint density at radius 3 is 2.75 bits per heavy atom. The molecule has 1 saturated heterocycles. The highest BCUT2D eigenvalue weighted by molar-refractivity contribution is 7.99. The summed E-state index contributed by atoms with van der Waals surface area (Å²) >= 11 is 2.07. The maximum absolute atomic E-state index is 6.18. The average Bonchev–Trinajstić information content (AvgIpc) is 3.11. The molecule has 1 aliphatic heterocycles. The fourth-order valence-corrected chi connectivity index (χ4v) is 4.84. The first-order valence-electron chi connectivity index (χ1n) is 9.20. The molecule has 3 rings (SSSR count). The number of nitrogens with one attached hydrogen (secondary N) is 1. The van der Waals surface area contributed by atoms with Crippen LogP contribution in [-0.2, 0) is 6.42 Å². The Bertz CT molecular complexity index is 560. The van der Waals surface area contributed by atoms with Crippen LogP contribution in [0.15, 0.2) is 29.3 Å². The number of guanidine groups is 1. The van der Waals surface area contributed by atoms with E-state index < -0.39 is 0 Å². The van der Waals surface area contributed by atoms with Crippen molar-refractivity contribution in [2.75, 3.05) is 36.5 Å². The lowest BCUT2D eigenvalue weighted by Crippen LogP contribution is -2.52. The van der Waals surface area contributed by atoms with Crippen LogP contribution in [0.1, 0.15) is 38.2 Å². The largest absolute Gasteiger partial charge is 0.370 e. The molecule has 1 saturated carbocycles. The van der Waals surface area contributed by atoms with Gasteiger partial charge in [-0.05, 0) is 37.0 Å². The number of thioether (sulfide) groups is 1. The molecule has 0 spiro atoms. The lowest BCUT2D eigenvalue weighted by atomic mass is 9.95. The van der Waals surface area contributed by atoms with E-state index in [0.29, 0.717) is 5.96 Å². The van der Waals surface area contributed by atoms with Crippen LogP contribution < -0.4 is 11.1 Å². The first kappa shape index (κ1) is 17.6. The van der Waals surface area contributed by atoms with Gasteiger partial charge in [0.2, 0.25) is 0 Å². The van der Waals surface area contributed by atoms with Gasteiger partial charge in [0.1, 0.15) is 0 Å². The normalized spacial score (nSPS) is 21.8. The van der Waals surface area contributed by atoms with Gasteiger partial charge in [0.05, 0.1) is 6.54 Å². The van der Waals surface area contributed by atoms with Gasteiger partial charge < -0.3 is 11.1 Å². The summed E-state index contributed by atoms with van der Waals surface area (Å²) < 4.78 is 0. The van der Waals surface area contributed by atoms with Crippen LogP contribution in [0, 0.1) is 0 Å². The molecule has 0 atom stereocenters. The van der Waals surface area contributed by atoms with Crippen molar-refractivity contribution in [2.24, 2.45) is 10.7 Å². The molecule has 1 heterocycles. The first-order chi connectivity index (χ1) is 11.7. The highest BCUT2D eigenvalue weighted by atomic mass is 32.2. The first-order valence-corrected chi connectivity index (χ1v) is 10.4. The number of anilines is 1. The topological polar surface area (TPSA) is 53.6 Å².